The molecule has 0 fully saturated rings. The van der Waals surface area contributed by atoms with Crippen LogP contribution in [-0.4, -0.2) is 13.1 Å². The standard InChI is InChI=1S/C15H16N2O2/c1-13-6-5-9-15(12-13)17(19)11-10-16(18)14-7-3-2-4-8-14/h2-9,12H,10-11H2,1H3/q-2. The van der Waals surface area contributed by atoms with Crippen LogP contribution in [0.4, 0.5) is 11.4 Å². The largest absolute Gasteiger partial charge is 0.758 e. The minimum atomic E-state index is 0.140. The number of benzene rings is 2. The average molecular weight is 256 g/mol. The van der Waals surface area contributed by atoms with Gasteiger partial charge in [-0.15, -0.1) is 0 Å². The molecule has 0 saturated carbocycles. The molecule has 0 bridgehead atoms. The van der Waals surface area contributed by atoms with Crippen molar-refractivity contribution in [2.75, 3.05) is 23.2 Å². The Hall–Kier alpha value is -2.04. The molecule has 0 aliphatic rings. The highest BCUT2D eigenvalue weighted by Gasteiger charge is 1.98. The number of nitrogens with zero attached hydrogens (tertiary/aromatic N) is 2. The molecular weight excluding hydrogens is 240 g/mol. The lowest BCUT2D eigenvalue weighted by Gasteiger charge is -2.37. The first-order chi connectivity index (χ1) is 9.16. The molecule has 0 saturated heterocycles. The second kappa shape index (κ2) is 6.22. The van der Waals surface area contributed by atoms with Gasteiger partial charge in [0.1, 0.15) is 0 Å². The number of aryl methyl sites for hydroxylation is 1. The Morgan fingerprint density at radius 1 is 0.789 bits per heavy atom. The average Bonchev–Trinajstić information content (AvgIpc) is 2.45. The summed E-state index contributed by atoms with van der Waals surface area (Å²) in [5, 5.41) is 25.4. The first kappa shape index (κ1) is 13.4. The molecule has 19 heavy (non-hydrogen) atoms. The summed E-state index contributed by atoms with van der Waals surface area (Å²) in [4.78, 5) is 0. The lowest BCUT2D eigenvalue weighted by molar-refractivity contribution is 0.881. The maximum Gasteiger partial charge on any atom is 0.0262 e. The van der Waals surface area contributed by atoms with Crippen molar-refractivity contribution in [1.82, 2.24) is 0 Å². The highest BCUT2D eigenvalue weighted by molar-refractivity contribution is 5.50. The fraction of sp³-hybridized carbons (Fsp3) is 0.200. The van der Waals surface area contributed by atoms with Crippen LogP contribution in [0.3, 0.4) is 0 Å². The number of anilines is 2. The fourth-order valence-corrected chi connectivity index (χ4v) is 1.82. The van der Waals surface area contributed by atoms with Crippen LogP contribution >= 0.6 is 0 Å². The lowest BCUT2D eigenvalue weighted by Crippen LogP contribution is -2.28. The summed E-state index contributed by atoms with van der Waals surface area (Å²) in [6.45, 7) is 2.21. The predicted molar refractivity (Wildman–Crippen MR) is 79.0 cm³/mol. The molecule has 4 nitrogen and oxygen atoms in total. The van der Waals surface area contributed by atoms with Gasteiger partial charge in [0.15, 0.2) is 0 Å². The van der Waals surface area contributed by atoms with Gasteiger partial charge in [0, 0.05) is 24.5 Å². The van der Waals surface area contributed by atoms with Crippen LogP contribution in [0.1, 0.15) is 5.56 Å². The molecule has 2 aromatic carbocycles. The minimum absolute atomic E-state index is 0.140. The van der Waals surface area contributed by atoms with Crippen LogP contribution in [0.15, 0.2) is 54.6 Å². The molecule has 0 aliphatic heterocycles. The highest BCUT2D eigenvalue weighted by atomic mass is 16.5. The van der Waals surface area contributed by atoms with E-state index in [4.69, 9.17) is 0 Å². The van der Waals surface area contributed by atoms with Crippen LogP contribution < -0.4 is 10.1 Å². The maximum absolute atomic E-state index is 11.9. The zero-order chi connectivity index (χ0) is 13.7. The van der Waals surface area contributed by atoms with Gasteiger partial charge in [-0.3, -0.25) is 0 Å². The Morgan fingerprint density at radius 3 is 2.00 bits per heavy atom. The van der Waals surface area contributed by atoms with Crippen molar-refractivity contribution >= 4 is 11.4 Å². The Morgan fingerprint density at radius 2 is 1.37 bits per heavy atom. The second-order valence-electron chi connectivity index (χ2n) is 4.38. The lowest BCUT2D eigenvalue weighted by atomic mass is 10.2. The van der Waals surface area contributed by atoms with E-state index in [0.717, 1.165) is 15.7 Å². The third-order valence-electron chi connectivity index (χ3n) is 2.84. The fourth-order valence-electron chi connectivity index (χ4n) is 1.82. The maximum atomic E-state index is 11.9. The molecule has 0 spiro atoms. The minimum Gasteiger partial charge on any atom is -0.758 e. The molecule has 4 heteroatoms. The zero-order valence-corrected chi connectivity index (χ0v) is 10.8. The van der Waals surface area contributed by atoms with E-state index in [1.54, 1.807) is 30.3 Å². The van der Waals surface area contributed by atoms with Crippen molar-refractivity contribution < 1.29 is 0 Å². The van der Waals surface area contributed by atoms with Crippen LogP contribution in [0.25, 0.3) is 0 Å². The van der Waals surface area contributed by atoms with E-state index in [1.165, 1.54) is 0 Å². The molecule has 0 amide bonds. The smallest absolute Gasteiger partial charge is 0.0262 e. The topological polar surface area (TPSA) is 52.6 Å². The van der Waals surface area contributed by atoms with Gasteiger partial charge < -0.3 is 20.5 Å². The SMILES string of the molecule is Cc1cccc(N([O-])CCN([O-])c2ccccc2)c1. The molecule has 0 radical (unpaired) electrons. The third kappa shape index (κ3) is 3.71. The van der Waals surface area contributed by atoms with Gasteiger partial charge in [-0.05, 0) is 36.8 Å². The van der Waals surface area contributed by atoms with Gasteiger partial charge in [0.25, 0.3) is 0 Å². The van der Waals surface area contributed by atoms with E-state index < -0.39 is 0 Å². The second-order valence-corrected chi connectivity index (χ2v) is 4.38. The summed E-state index contributed by atoms with van der Waals surface area (Å²) in [6.07, 6.45) is 0. The number of hydrogen-bond acceptors (Lipinski definition) is 4. The molecule has 2 aromatic rings. The molecule has 0 heterocycles. The Kier molecular flexibility index (Phi) is 4.39. The Balaban J connectivity index is 1.92. The van der Waals surface area contributed by atoms with Gasteiger partial charge in [0.2, 0.25) is 0 Å². The van der Waals surface area contributed by atoms with Crippen molar-refractivity contribution in [3.05, 3.63) is 70.6 Å². The van der Waals surface area contributed by atoms with Crippen LogP contribution in [0.2, 0.25) is 0 Å². The number of hydrogen-bond donors (Lipinski definition) is 0. The summed E-state index contributed by atoms with van der Waals surface area (Å²) < 4.78 is 0. The number of hydroxylamine groups is 2. The van der Waals surface area contributed by atoms with E-state index in [-0.39, 0.29) is 13.1 Å². The number of para-hydroxylation sites is 1. The molecule has 0 aliphatic carbocycles. The molecule has 0 unspecified atom stereocenters. The molecule has 0 atom stereocenters. The summed E-state index contributed by atoms with van der Waals surface area (Å²) in [5.41, 5.74) is 2.18. The van der Waals surface area contributed by atoms with Crippen LogP contribution in [-0.2, 0) is 0 Å². The van der Waals surface area contributed by atoms with E-state index in [1.807, 2.05) is 31.2 Å². The van der Waals surface area contributed by atoms with E-state index in [9.17, 15) is 10.4 Å². The monoisotopic (exact) mass is 256 g/mol. The molecule has 0 N–H and O–H groups in total. The summed E-state index contributed by atoms with van der Waals surface area (Å²) in [5.74, 6) is 0. The molecule has 2 rings (SSSR count). The van der Waals surface area contributed by atoms with Crippen molar-refractivity contribution in [2.24, 2.45) is 0 Å². The van der Waals surface area contributed by atoms with Crippen molar-refractivity contribution in [3.8, 4) is 0 Å². The van der Waals surface area contributed by atoms with Crippen LogP contribution in [0, 0.1) is 17.3 Å². The normalized spacial score (nSPS) is 10.3. The van der Waals surface area contributed by atoms with Gasteiger partial charge in [-0.2, -0.15) is 0 Å². The van der Waals surface area contributed by atoms with Gasteiger partial charge in [0.05, 0.1) is 0 Å². The van der Waals surface area contributed by atoms with Crippen molar-refractivity contribution in [2.45, 2.75) is 6.92 Å². The molecule has 100 valence electrons. The molecular formula is C15H16N2O2-2. The quantitative estimate of drug-likeness (QED) is 0.770. The zero-order valence-electron chi connectivity index (χ0n) is 10.8. The first-order valence-electron chi connectivity index (χ1n) is 6.18. The summed E-state index contributed by atoms with van der Waals surface area (Å²) in [6, 6.07) is 16.2. The van der Waals surface area contributed by atoms with Crippen molar-refractivity contribution in [1.29, 1.82) is 0 Å². The van der Waals surface area contributed by atoms with Gasteiger partial charge in [-0.1, -0.05) is 30.3 Å². The third-order valence-corrected chi connectivity index (χ3v) is 2.84. The van der Waals surface area contributed by atoms with E-state index in [2.05, 4.69) is 0 Å². The first-order valence-corrected chi connectivity index (χ1v) is 6.18. The Bertz CT molecular complexity index is 517. The van der Waals surface area contributed by atoms with E-state index >= 15 is 0 Å². The predicted octanol–water partition coefficient (Wildman–Crippen LogP) is 3.30. The number of rotatable bonds is 5. The molecule has 0 aromatic heterocycles. The van der Waals surface area contributed by atoms with Crippen LogP contribution in [0.5, 0.6) is 0 Å². The highest BCUT2D eigenvalue weighted by Crippen LogP contribution is 2.16. The Labute approximate surface area is 113 Å². The summed E-state index contributed by atoms with van der Waals surface area (Å²) >= 11 is 0. The van der Waals surface area contributed by atoms with Crippen molar-refractivity contribution in [3.63, 3.8) is 0 Å². The summed E-state index contributed by atoms with van der Waals surface area (Å²) in [7, 11) is 0. The van der Waals surface area contributed by atoms with Gasteiger partial charge in [-0.25, -0.2) is 0 Å². The van der Waals surface area contributed by atoms with Gasteiger partial charge >= 0.3 is 0 Å². The van der Waals surface area contributed by atoms with E-state index in [0.29, 0.717) is 11.4 Å².